The van der Waals surface area contributed by atoms with Gasteiger partial charge in [0.1, 0.15) is 5.75 Å². The summed E-state index contributed by atoms with van der Waals surface area (Å²) in [5.41, 5.74) is 2.39. The van der Waals surface area contributed by atoms with Crippen LogP contribution >= 0.6 is 0 Å². The number of hydrogen-bond acceptors (Lipinski definition) is 3. The zero-order chi connectivity index (χ0) is 15.2. The van der Waals surface area contributed by atoms with Crippen molar-refractivity contribution in [3.63, 3.8) is 0 Å². The Morgan fingerprint density at radius 1 is 1.25 bits per heavy atom. The van der Waals surface area contributed by atoms with E-state index in [0.29, 0.717) is 6.42 Å². The number of rotatable bonds is 7. The summed E-state index contributed by atoms with van der Waals surface area (Å²) < 4.78 is 5.83. The van der Waals surface area contributed by atoms with Gasteiger partial charge in [-0.15, -0.1) is 0 Å². The number of benzene rings is 1. The minimum absolute atomic E-state index is 0.0225. The molecule has 1 aromatic carbocycles. The fourth-order valence-electron chi connectivity index (χ4n) is 2.08. The fraction of sp³-hybridized carbons (Fsp3) is 0.647. The maximum atomic E-state index is 9.44. The zero-order valence-electron chi connectivity index (χ0n) is 13.1. The van der Waals surface area contributed by atoms with Gasteiger partial charge in [-0.1, -0.05) is 39.8 Å². The van der Waals surface area contributed by atoms with Crippen molar-refractivity contribution >= 4 is 0 Å². The molecule has 1 atom stereocenters. The van der Waals surface area contributed by atoms with E-state index in [9.17, 15) is 5.11 Å². The Hall–Kier alpha value is -1.06. The topological polar surface area (TPSA) is 49.7 Å². The largest absolute Gasteiger partial charge is 0.493 e. The highest BCUT2D eigenvalue weighted by Gasteiger charge is 2.19. The van der Waals surface area contributed by atoms with E-state index in [1.54, 1.807) is 0 Å². The van der Waals surface area contributed by atoms with Crippen molar-refractivity contribution in [3.8, 4) is 5.75 Å². The lowest BCUT2D eigenvalue weighted by atomic mass is 9.85. The van der Waals surface area contributed by atoms with Crippen molar-refractivity contribution in [1.82, 2.24) is 0 Å². The van der Waals surface area contributed by atoms with Crippen molar-refractivity contribution in [2.75, 3.05) is 13.2 Å². The molecule has 1 unspecified atom stereocenters. The molecule has 0 bridgehead atoms. The van der Waals surface area contributed by atoms with Gasteiger partial charge in [0.15, 0.2) is 0 Å². The van der Waals surface area contributed by atoms with Gasteiger partial charge in [0.2, 0.25) is 0 Å². The first kappa shape index (κ1) is 17.0. The second kappa shape index (κ2) is 7.65. The summed E-state index contributed by atoms with van der Waals surface area (Å²) in [6.07, 6.45) is 1.70. The molecule has 114 valence electrons. The monoisotopic (exact) mass is 280 g/mol. The van der Waals surface area contributed by atoms with Crippen molar-refractivity contribution in [1.29, 1.82) is 0 Å². The molecule has 0 aromatic heterocycles. The molecular formula is C17H28O3. The molecule has 20 heavy (non-hydrogen) atoms. The Kier molecular flexibility index (Phi) is 6.50. The van der Waals surface area contributed by atoms with E-state index in [1.807, 2.05) is 12.1 Å². The molecule has 3 nitrogen and oxygen atoms in total. The van der Waals surface area contributed by atoms with Gasteiger partial charge in [0.05, 0.1) is 19.3 Å². The first-order chi connectivity index (χ1) is 9.38. The smallest absolute Gasteiger partial charge is 0.123 e. The zero-order valence-corrected chi connectivity index (χ0v) is 13.1. The number of hydrogen-bond donors (Lipinski definition) is 2. The van der Waals surface area contributed by atoms with Crippen molar-refractivity contribution < 1.29 is 14.9 Å². The van der Waals surface area contributed by atoms with Crippen LogP contribution in [0.2, 0.25) is 0 Å². The van der Waals surface area contributed by atoms with Gasteiger partial charge in [-0.3, -0.25) is 0 Å². The number of aliphatic hydroxyl groups is 2. The van der Waals surface area contributed by atoms with Gasteiger partial charge in [-0.2, -0.15) is 0 Å². The van der Waals surface area contributed by atoms with Crippen molar-refractivity contribution in [2.24, 2.45) is 0 Å². The normalized spacial score (nSPS) is 13.3. The molecule has 2 N–H and O–H groups in total. The summed E-state index contributed by atoms with van der Waals surface area (Å²) in [5, 5.41) is 18.3. The van der Waals surface area contributed by atoms with E-state index in [0.717, 1.165) is 25.2 Å². The number of aryl methyl sites for hydroxylation is 1. The minimum Gasteiger partial charge on any atom is -0.493 e. The van der Waals surface area contributed by atoms with E-state index in [-0.39, 0.29) is 12.0 Å². The van der Waals surface area contributed by atoms with E-state index in [4.69, 9.17) is 9.84 Å². The van der Waals surface area contributed by atoms with Crippen LogP contribution in [0.5, 0.6) is 5.75 Å². The SMILES string of the molecule is CCCOc1ccc(CCC(O)CO)cc1C(C)(C)C. The standard InChI is InChI=1S/C17H28O3/c1-5-10-20-16-9-7-13(6-8-14(19)12-18)11-15(16)17(2,3)4/h7,9,11,14,18-19H,5-6,8,10,12H2,1-4H3. The highest BCUT2D eigenvalue weighted by Crippen LogP contribution is 2.32. The predicted molar refractivity (Wildman–Crippen MR) is 82.3 cm³/mol. The third kappa shape index (κ3) is 5.14. The molecule has 0 heterocycles. The maximum Gasteiger partial charge on any atom is 0.123 e. The van der Waals surface area contributed by atoms with Crippen LogP contribution in [0.25, 0.3) is 0 Å². The van der Waals surface area contributed by atoms with Gasteiger partial charge < -0.3 is 14.9 Å². The molecular weight excluding hydrogens is 252 g/mol. The van der Waals surface area contributed by atoms with Crippen LogP contribution in [0.4, 0.5) is 0 Å². The van der Waals surface area contributed by atoms with Crippen molar-refractivity contribution in [2.45, 2.75) is 58.5 Å². The van der Waals surface area contributed by atoms with Crippen LogP contribution in [-0.4, -0.2) is 29.5 Å². The molecule has 0 aliphatic carbocycles. The lowest BCUT2D eigenvalue weighted by Gasteiger charge is -2.24. The third-order valence-corrected chi connectivity index (χ3v) is 3.29. The van der Waals surface area contributed by atoms with E-state index in [2.05, 4.69) is 33.8 Å². The fourth-order valence-corrected chi connectivity index (χ4v) is 2.08. The van der Waals surface area contributed by atoms with Gasteiger partial charge in [-0.25, -0.2) is 0 Å². The molecule has 0 fully saturated rings. The molecule has 0 aliphatic heterocycles. The second-order valence-electron chi connectivity index (χ2n) is 6.30. The highest BCUT2D eigenvalue weighted by atomic mass is 16.5. The van der Waals surface area contributed by atoms with E-state index < -0.39 is 6.10 Å². The van der Waals surface area contributed by atoms with Crippen LogP contribution in [0.15, 0.2) is 18.2 Å². The summed E-state index contributed by atoms with van der Waals surface area (Å²) in [7, 11) is 0. The maximum absolute atomic E-state index is 9.44. The lowest BCUT2D eigenvalue weighted by Crippen LogP contribution is -2.15. The third-order valence-electron chi connectivity index (χ3n) is 3.29. The lowest BCUT2D eigenvalue weighted by molar-refractivity contribution is 0.0885. The van der Waals surface area contributed by atoms with Gasteiger partial charge >= 0.3 is 0 Å². The molecule has 3 heteroatoms. The molecule has 1 rings (SSSR count). The summed E-state index contributed by atoms with van der Waals surface area (Å²) >= 11 is 0. The minimum atomic E-state index is -0.635. The Morgan fingerprint density at radius 2 is 1.95 bits per heavy atom. The van der Waals surface area contributed by atoms with Crippen LogP contribution in [-0.2, 0) is 11.8 Å². The predicted octanol–water partition coefficient (Wildman–Crippen LogP) is 3.06. The summed E-state index contributed by atoms with van der Waals surface area (Å²) in [6.45, 7) is 9.17. The Morgan fingerprint density at radius 3 is 2.50 bits per heavy atom. The number of ether oxygens (including phenoxy) is 1. The molecule has 0 saturated heterocycles. The van der Waals surface area contributed by atoms with Crippen molar-refractivity contribution in [3.05, 3.63) is 29.3 Å². The van der Waals surface area contributed by atoms with E-state index in [1.165, 1.54) is 11.1 Å². The number of aliphatic hydroxyl groups excluding tert-OH is 2. The van der Waals surface area contributed by atoms with Crippen LogP contribution in [0, 0.1) is 0 Å². The summed E-state index contributed by atoms with van der Waals surface area (Å²) in [4.78, 5) is 0. The van der Waals surface area contributed by atoms with Crippen LogP contribution in [0.3, 0.4) is 0 Å². The molecule has 0 spiro atoms. The highest BCUT2D eigenvalue weighted by molar-refractivity contribution is 5.41. The van der Waals surface area contributed by atoms with Crippen LogP contribution in [0.1, 0.15) is 51.7 Å². The average molecular weight is 280 g/mol. The Balaban J connectivity index is 2.90. The molecule has 1 aromatic rings. The summed E-state index contributed by atoms with van der Waals surface area (Å²) in [6, 6.07) is 6.23. The van der Waals surface area contributed by atoms with Crippen LogP contribution < -0.4 is 4.74 Å². The van der Waals surface area contributed by atoms with Gasteiger partial charge in [0, 0.05) is 0 Å². The molecule has 0 amide bonds. The average Bonchev–Trinajstić information content (AvgIpc) is 2.41. The first-order valence-corrected chi connectivity index (χ1v) is 7.43. The molecule has 0 saturated carbocycles. The van der Waals surface area contributed by atoms with Gasteiger partial charge in [0.25, 0.3) is 0 Å². The molecule has 0 radical (unpaired) electrons. The Bertz CT molecular complexity index is 407. The van der Waals surface area contributed by atoms with Gasteiger partial charge in [-0.05, 0) is 41.9 Å². The summed E-state index contributed by atoms with van der Waals surface area (Å²) in [5.74, 6) is 0.950. The first-order valence-electron chi connectivity index (χ1n) is 7.43. The molecule has 0 aliphatic rings. The quantitative estimate of drug-likeness (QED) is 0.807. The van der Waals surface area contributed by atoms with E-state index >= 15 is 0 Å². The Labute approximate surface area is 122 Å². The second-order valence-corrected chi connectivity index (χ2v) is 6.30.